The molecule has 0 saturated carbocycles. The van der Waals surface area contributed by atoms with Gasteiger partial charge in [0.15, 0.2) is 5.69 Å². The molecule has 110 valence electrons. The summed E-state index contributed by atoms with van der Waals surface area (Å²) in [5.74, 6) is 0.324. The summed E-state index contributed by atoms with van der Waals surface area (Å²) in [5.41, 5.74) is 1.18. The number of nitrogens with zero attached hydrogens (tertiary/aromatic N) is 3. The minimum absolute atomic E-state index is 0.268. The Morgan fingerprint density at radius 2 is 2.14 bits per heavy atom. The minimum atomic E-state index is -0.268. The molecule has 0 saturated heterocycles. The average Bonchev–Trinajstić information content (AvgIpc) is 2.54. The molecule has 0 aliphatic carbocycles. The molecule has 0 aliphatic heterocycles. The van der Waals surface area contributed by atoms with E-state index in [1.807, 2.05) is 18.2 Å². The number of hydrogen-bond donors (Lipinski definition) is 2. The topological polar surface area (TPSA) is 89.0 Å². The van der Waals surface area contributed by atoms with Crippen molar-refractivity contribution in [2.75, 3.05) is 25.6 Å². The second kappa shape index (κ2) is 7.91. The van der Waals surface area contributed by atoms with Crippen molar-refractivity contribution in [2.45, 2.75) is 6.54 Å². The van der Waals surface area contributed by atoms with Crippen LogP contribution in [0.4, 0.5) is 5.82 Å². The molecular weight excluding hydrogens is 270 g/mol. The number of nitrogens with one attached hydrogen (secondary N) is 2. The highest BCUT2D eigenvalue weighted by Gasteiger charge is 2.07. The lowest BCUT2D eigenvalue weighted by Crippen LogP contribution is -2.27. The second-order valence-electron chi connectivity index (χ2n) is 4.23. The molecule has 0 aliphatic rings. The molecule has 2 heterocycles. The van der Waals surface area contributed by atoms with E-state index in [4.69, 9.17) is 4.74 Å². The van der Waals surface area contributed by atoms with Crippen LogP contribution in [0.15, 0.2) is 36.5 Å². The van der Waals surface area contributed by atoms with Crippen molar-refractivity contribution in [3.05, 3.63) is 47.9 Å². The number of aromatic nitrogens is 3. The van der Waals surface area contributed by atoms with Gasteiger partial charge in [-0.25, -0.2) is 0 Å². The van der Waals surface area contributed by atoms with E-state index >= 15 is 0 Å². The van der Waals surface area contributed by atoms with E-state index in [1.54, 1.807) is 25.4 Å². The summed E-state index contributed by atoms with van der Waals surface area (Å²) in [4.78, 5) is 15.9. The number of carbonyl (C=O) groups excluding carboxylic acids is 1. The Balaban J connectivity index is 1.85. The minimum Gasteiger partial charge on any atom is -0.383 e. The van der Waals surface area contributed by atoms with E-state index in [0.717, 1.165) is 5.69 Å². The molecule has 2 rings (SSSR count). The van der Waals surface area contributed by atoms with Crippen LogP contribution in [0.2, 0.25) is 0 Å². The summed E-state index contributed by atoms with van der Waals surface area (Å²) in [6.07, 6.45) is 1.73. The molecular formula is C14H17N5O2. The monoisotopic (exact) mass is 287 g/mol. The van der Waals surface area contributed by atoms with E-state index < -0.39 is 0 Å². The third kappa shape index (κ3) is 4.81. The molecule has 21 heavy (non-hydrogen) atoms. The van der Waals surface area contributed by atoms with E-state index in [9.17, 15) is 4.79 Å². The average molecular weight is 287 g/mol. The van der Waals surface area contributed by atoms with Crippen molar-refractivity contribution < 1.29 is 9.53 Å². The van der Waals surface area contributed by atoms with Crippen molar-refractivity contribution in [3.8, 4) is 0 Å². The van der Waals surface area contributed by atoms with Crippen molar-refractivity contribution >= 4 is 11.7 Å². The maximum Gasteiger partial charge on any atom is 0.271 e. The van der Waals surface area contributed by atoms with Gasteiger partial charge in [0, 0.05) is 19.9 Å². The quantitative estimate of drug-likeness (QED) is 0.734. The highest BCUT2D eigenvalue weighted by molar-refractivity contribution is 5.92. The summed E-state index contributed by atoms with van der Waals surface area (Å²) in [7, 11) is 1.58. The third-order valence-corrected chi connectivity index (χ3v) is 2.67. The van der Waals surface area contributed by atoms with Gasteiger partial charge in [-0.3, -0.25) is 9.78 Å². The first-order chi connectivity index (χ1) is 10.3. The van der Waals surface area contributed by atoms with Crippen LogP contribution in [-0.2, 0) is 11.3 Å². The van der Waals surface area contributed by atoms with E-state index in [2.05, 4.69) is 25.8 Å². The second-order valence-corrected chi connectivity index (χ2v) is 4.23. The van der Waals surface area contributed by atoms with Gasteiger partial charge in [-0.15, -0.1) is 10.2 Å². The Kier molecular flexibility index (Phi) is 5.60. The molecule has 2 aromatic heterocycles. The molecule has 0 fully saturated rings. The van der Waals surface area contributed by atoms with Crippen molar-refractivity contribution in [1.82, 2.24) is 20.5 Å². The number of rotatable bonds is 7. The molecule has 0 radical (unpaired) electrons. The number of amides is 1. The fraction of sp³-hybridized carbons (Fsp3) is 0.286. The first-order valence-electron chi connectivity index (χ1n) is 6.54. The van der Waals surface area contributed by atoms with Crippen LogP contribution < -0.4 is 10.6 Å². The van der Waals surface area contributed by atoms with Crippen LogP contribution in [-0.4, -0.2) is 41.3 Å². The molecule has 2 N–H and O–H groups in total. The maximum atomic E-state index is 11.7. The van der Waals surface area contributed by atoms with Gasteiger partial charge < -0.3 is 15.4 Å². The van der Waals surface area contributed by atoms with Gasteiger partial charge in [0.1, 0.15) is 5.82 Å². The lowest BCUT2D eigenvalue weighted by atomic mass is 10.3. The number of carbonyl (C=O) groups is 1. The van der Waals surface area contributed by atoms with Crippen molar-refractivity contribution in [3.63, 3.8) is 0 Å². The van der Waals surface area contributed by atoms with Gasteiger partial charge in [-0.05, 0) is 24.3 Å². The Hall–Kier alpha value is -2.54. The maximum absolute atomic E-state index is 11.7. The lowest BCUT2D eigenvalue weighted by Gasteiger charge is -2.06. The zero-order chi connectivity index (χ0) is 14.9. The molecule has 0 unspecified atom stereocenters. The number of anilines is 1. The fourth-order valence-electron chi connectivity index (χ4n) is 1.59. The smallest absolute Gasteiger partial charge is 0.271 e. The normalized spacial score (nSPS) is 10.1. The van der Waals surface area contributed by atoms with Crippen LogP contribution >= 0.6 is 0 Å². The molecule has 7 nitrogen and oxygen atoms in total. The summed E-state index contributed by atoms with van der Waals surface area (Å²) in [5, 5.41) is 13.6. The van der Waals surface area contributed by atoms with E-state index in [-0.39, 0.29) is 11.6 Å². The fourth-order valence-corrected chi connectivity index (χ4v) is 1.59. The number of hydrogen-bond acceptors (Lipinski definition) is 6. The Morgan fingerprint density at radius 3 is 2.81 bits per heavy atom. The zero-order valence-electron chi connectivity index (χ0n) is 11.7. The van der Waals surface area contributed by atoms with Gasteiger partial charge >= 0.3 is 0 Å². The number of pyridine rings is 1. The zero-order valence-corrected chi connectivity index (χ0v) is 11.7. The summed E-state index contributed by atoms with van der Waals surface area (Å²) >= 11 is 0. The Labute approximate surface area is 122 Å². The molecule has 1 amide bonds. The standard InChI is InChI=1S/C14H17N5O2/c1-21-9-8-16-14(20)12-5-6-13(19-18-12)17-10-11-4-2-3-7-15-11/h2-7H,8-10H2,1H3,(H,16,20)(H,17,19). The SMILES string of the molecule is COCCNC(=O)c1ccc(NCc2ccccn2)nn1. The van der Waals surface area contributed by atoms with Crippen molar-refractivity contribution in [2.24, 2.45) is 0 Å². The third-order valence-electron chi connectivity index (χ3n) is 2.67. The number of ether oxygens (including phenoxy) is 1. The van der Waals surface area contributed by atoms with Crippen LogP contribution in [0.3, 0.4) is 0 Å². The summed E-state index contributed by atoms with van der Waals surface area (Å²) < 4.78 is 4.85. The Bertz CT molecular complexity index is 559. The molecule has 0 bridgehead atoms. The molecule has 7 heteroatoms. The van der Waals surface area contributed by atoms with Gasteiger partial charge in [-0.2, -0.15) is 0 Å². The Morgan fingerprint density at radius 1 is 1.24 bits per heavy atom. The molecule has 2 aromatic rings. The summed E-state index contributed by atoms with van der Waals surface area (Å²) in [6, 6.07) is 9.03. The summed E-state index contributed by atoms with van der Waals surface area (Å²) in [6.45, 7) is 1.45. The predicted octanol–water partition coefficient (Wildman–Crippen LogP) is 0.860. The first kappa shape index (κ1) is 14.9. The molecule has 0 spiro atoms. The lowest BCUT2D eigenvalue weighted by molar-refractivity contribution is 0.0931. The van der Waals surface area contributed by atoms with Gasteiger partial charge in [0.25, 0.3) is 5.91 Å². The van der Waals surface area contributed by atoms with Crippen LogP contribution in [0.1, 0.15) is 16.2 Å². The van der Waals surface area contributed by atoms with E-state index in [0.29, 0.717) is 25.5 Å². The predicted molar refractivity (Wildman–Crippen MR) is 77.8 cm³/mol. The van der Waals surface area contributed by atoms with E-state index in [1.165, 1.54) is 0 Å². The number of methoxy groups -OCH3 is 1. The first-order valence-corrected chi connectivity index (χ1v) is 6.54. The van der Waals surface area contributed by atoms with Crippen molar-refractivity contribution in [1.29, 1.82) is 0 Å². The largest absolute Gasteiger partial charge is 0.383 e. The van der Waals surface area contributed by atoms with Gasteiger partial charge in [0.2, 0.25) is 0 Å². The van der Waals surface area contributed by atoms with Crippen LogP contribution in [0.5, 0.6) is 0 Å². The highest BCUT2D eigenvalue weighted by Crippen LogP contribution is 2.04. The molecule has 0 aromatic carbocycles. The van der Waals surface area contributed by atoms with Gasteiger partial charge in [-0.1, -0.05) is 6.07 Å². The highest BCUT2D eigenvalue weighted by atomic mass is 16.5. The molecule has 0 atom stereocenters. The van der Waals surface area contributed by atoms with Crippen LogP contribution in [0, 0.1) is 0 Å². The van der Waals surface area contributed by atoms with Crippen LogP contribution in [0.25, 0.3) is 0 Å². The van der Waals surface area contributed by atoms with Gasteiger partial charge in [0.05, 0.1) is 18.8 Å².